The van der Waals surface area contributed by atoms with Crippen molar-refractivity contribution in [3.8, 4) is 11.3 Å². The number of hydrogen-bond donors (Lipinski definition) is 1. The maximum atomic E-state index is 6.08. The monoisotopic (exact) mass is 345 g/mol. The van der Waals surface area contributed by atoms with Crippen LogP contribution in [0.5, 0.6) is 0 Å². The Balaban J connectivity index is 1.74. The molecule has 132 valence electrons. The molecule has 0 bridgehead atoms. The molecule has 2 aromatic carbocycles. The lowest BCUT2D eigenvalue weighted by atomic mass is 9.95. The van der Waals surface area contributed by atoms with E-state index in [-0.39, 0.29) is 0 Å². The third-order valence-electron chi connectivity index (χ3n) is 5.47. The number of para-hydroxylation sites is 1. The fourth-order valence-corrected chi connectivity index (χ4v) is 4.15. The molecule has 0 amide bonds. The van der Waals surface area contributed by atoms with Crippen molar-refractivity contribution >= 4 is 22.8 Å². The van der Waals surface area contributed by atoms with Gasteiger partial charge in [0.15, 0.2) is 5.58 Å². The molecule has 0 aliphatic heterocycles. The number of fused-ring (bicyclic) bond motifs is 3. The van der Waals surface area contributed by atoms with Gasteiger partial charge in [0.2, 0.25) is 0 Å². The summed E-state index contributed by atoms with van der Waals surface area (Å²) in [6, 6.07) is 17.1. The average molecular weight is 345 g/mol. The molecule has 1 saturated carbocycles. The number of anilines is 1. The molecule has 0 radical (unpaired) electrons. The summed E-state index contributed by atoms with van der Waals surface area (Å²) >= 11 is 0. The highest BCUT2D eigenvalue weighted by atomic mass is 16.4. The topological polar surface area (TPSA) is 42.5 Å². The van der Waals surface area contributed by atoms with Crippen molar-refractivity contribution in [2.24, 2.45) is 0 Å². The number of nitrogens with zero attached hydrogens (tertiary/aromatic N) is 2. The molecule has 4 heteroatoms. The van der Waals surface area contributed by atoms with Gasteiger partial charge in [0.1, 0.15) is 11.5 Å². The number of oxazole rings is 1. The predicted molar refractivity (Wildman–Crippen MR) is 106 cm³/mol. The highest BCUT2D eigenvalue weighted by Crippen LogP contribution is 2.35. The van der Waals surface area contributed by atoms with Gasteiger partial charge in [-0.3, -0.25) is 0 Å². The zero-order valence-electron chi connectivity index (χ0n) is 15.0. The number of nitrogens with one attached hydrogen (secondary N) is 1. The Bertz CT molecular complexity index is 1060. The van der Waals surface area contributed by atoms with Crippen molar-refractivity contribution in [2.45, 2.75) is 45.1 Å². The summed E-state index contributed by atoms with van der Waals surface area (Å²) in [6.45, 7) is 2.13. The second kappa shape index (κ2) is 6.20. The lowest BCUT2D eigenvalue weighted by Gasteiger charge is -2.24. The molecule has 1 fully saturated rings. The van der Waals surface area contributed by atoms with E-state index in [9.17, 15) is 0 Å². The highest BCUT2D eigenvalue weighted by molar-refractivity contribution is 5.86. The first-order valence-corrected chi connectivity index (χ1v) is 9.54. The standard InChI is InChI=1S/C22H23N3O/c1-15-9-8-14-18-20(15)25-21(23-17-12-6-3-7-13-17)19(24-22(25)26-18)16-10-4-2-5-11-16/h2,4-5,8-11,14,17,23H,3,6-7,12-13H2,1H3. The Morgan fingerprint density at radius 2 is 1.81 bits per heavy atom. The van der Waals surface area contributed by atoms with Crippen LogP contribution in [0.15, 0.2) is 52.9 Å². The van der Waals surface area contributed by atoms with Gasteiger partial charge in [-0.05, 0) is 31.4 Å². The fourth-order valence-electron chi connectivity index (χ4n) is 4.15. The minimum absolute atomic E-state index is 0.500. The third kappa shape index (κ3) is 2.48. The van der Waals surface area contributed by atoms with Gasteiger partial charge in [-0.25, -0.2) is 4.40 Å². The molecule has 2 heterocycles. The SMILES string of the molecule is Cc1cccc2oc3nc(-c4ccccc4)c(NC4CCCCC4)n3c12. The Morgan fingerprint density at radius 3 is 2.62 bits per heavy atom. The van der Waals surface area contributed by atoms with Crippen molar-refractivity contribution in [2.75, 3.05) is 5.32 Å². The second-order valence-corrected chi connectivity index (χ2v) is 7.30. The van der Waals surface area contributed by atoms with Crippen molar-refractivity contribution in [1.82, 2.24) is 9.38 Å². The molecular formula is C22H23N3O. The summed E-state index contributed by atoms with van der Waals surface area (Å²) in [6.07, 6.45) is 6.38. The van der Waals surface area contributed by atoms with E-state index in [0.29, 0.717) is 11.9 Å². The van der Waals surface area contributed by atoms with Gasteiger partial charge < -0.3 is 9.73 Å². The molecule has 26 heavy (non-hydrogen) atoms. The molecule has 1 N–H and O–H groups in total. The summed E-state index contributed by atoms with van der Waals surface area (Å²) in [5, 5.41) is 3.82. The quantitative estimate of drug-likeness (QED) is 0.510. The summed E-state index contributed by atoms with van der Waals surface area (Å²) in [5.74, 6) is 1.72. The van der Waals surface area contributed by atoms with Crippen LogP contribution in [-0.2, 0) is 0 Å². The average Bonchev–Trinajstić information content (AvgIpc) is 3.21. The second-order valence-electron chi connectivity index (χ2n) is 7.30. The van der Waals surface area contributed by atoms with Gasteiger partial charge in [-0.15, -0.1) is 0 Å². The van der Waals surface area contributed by atoms with E-state index in [1.54, 1.807) is 0 Å². The van der Waals surface area contributed by atoms with Crippen LogP contribution >= 0.6 is 0 Å². The molecule has 0 unspecified atom stereocenters. The number of imidazole rings is 1. The third-order valence-corrected chi connectivity index (χ3v) is 5.47. The van der Waals surface area contributed by atoms with Crippen LogP contribution in [0.3, 0.4) is 0 Å². The Labute approximate surface area is 152 Å². The molecule has 5 rings (SSSR count). The zero-order chi connectivity index (χ0) is 17.5. The minimum atomic E-state index is 0.500. The van der Waals surface area contributed by atoms with Gasteiger partial charge in [0.25, 0.3) is 0 Å². The fraction of sp³-hybridized carbons (Fsp3) is 0.318. The Kier molecular flexibility index (Phi) is 3.70. The highest BCUT2D eigenvalue weighted by Gasteiger charge is 2.23. The van der Waals surface area contributed by atoms with E-state index in [4.69, 9.17) is 9.40 Å². The van der Waals surface area contributed by atoms with Crippen molar-refractivity contribution in [3.05, 3.63) is 54.1 Å². The molecule has 4 aromatic rings. The van der Waals surface area contributed by atoms with Crippen LogP contribution in [0.25, 0.3) is 28.2 Å². The van der Waals surface area contributed by atoms with Gasteiger partial charge in [0, 0.05) is 11.6 Å². The largest absolute Gasteiger partial charge is 0.423 e. The smallest absolute Gasteiger partial charge is 0.309 e. The van der Waals surface area contributed by atoms with Crippen LogP contribution in [0.4, 0.5) is 5.82 Å². The Hall–Kier alpha value is -2.75. The summed E-state index contributed by atoms with van der Waals surface area (Å²) in [5.41, 5.74) is 5.28. The van der Waals surface area contributed by atoms with E-state index >= 15 is 0 Å². The van der Waals surface area contributed by atoms with Crippen LogP contribution < -0.4 is 5.32 Å². The molecular weight excluding hydrogens is 322 g/mol. The van der Waals surface area contributed by atoms with E-state index in [1.165, 1.54) is 37.7 Å². The van der Waals surface area contributed by atoms with Crippen molar-refractivity contribution in [1.29, 1.82) is 0 Å². The maximum absolute atomic E-state index is 6.08. The molecule has 4 nitrogen and oxygen atoms in total. The molecule has 1 aliphatic rings. The van der Waals surface area contributed by atoms with E-state index < -0.39 is 0 Å². The molecule has 1 aliphatic carbocycles. The molecule has 0 atom stereocenters. The van der Waals surface area contributed by atoms with Crippen molar-refractivity contribution < 1.29 is 4.42 Å². The molecule has 0 spiro atoms. The Morgan fingerprint density at radius 1 is 1.00 bits per heavy atom. The van der Waals surface area contributed by atoms with Gasteiger partial charge in [-0.2, -0.15) is 4.98 Å². The summed E-state index contributed by atoms with van der Waals surface area (Å²) in [4.78, 5) is 4.86. The number of aryl methyl sites for hydroxylation is 1. The number of benzene rings is 2. The first-order valence-electron chi connectivity index (χ1n) is 9.54. The van der Waals surface area contributed by atoms with Crippen LogP contribution in [0.1, 0.15) is 37.7 Å². The zero-order valence-corrected chi connectivity index (χ0v) is 15.0. The summed E-state index contributed by atoms with van der Waals surface area (Å²) in [7, 11) is 0. The van der Waals surface area contributed by atoms with Gasteiger partial charge in [0.05, 0.1) is 5.52 Å². The van der Waals surface area contributed by atoms with Crippen molar-refractivity contribution in [3.63, 3.8) is 0 Å². The maximum Gasteiger partial charge on any atom is 0.309 e. The van der Waals surface area contributed by atoms with Crippen LogP contribution in [0, 0.1) is 6.92 Å². The van der Waals surface area contributed by atoms with E-state index in [2.05, 4.69) is 47.0 Å². The molecule has 0 saturated heterocycles. The van der Waals surface area contributed by atoms with Crippen LogP contribution in [-0.4, -0.2) is 15.4 Å². The van der Waals surface area contributed by atoms with Gasteiger partial charge in [-0.1, -0.05) is 61.7 Å². The normalized spacial score (nSPS) is 15.7. The number of aromatic nitrogens is 2. The summed E-state index contributed by atoms with van der Waals surface area (Å²) < 4.78 is 8.25. The number of hydrogen-bond acceptors (Lipinski definition) is 3. The lowest BCUT2D eigenvalue weighted by molar-refractivity contribution is 0.462. The lowest BCUT2D eigenvalue weighted by Crippen LogP contribution is -2.23. The van der Waals surface area contributed by atoms with Gasteiger partial charge >= 0.3 is 5.84 Å². The number of rotatable bonds is 3. The minimum Gasteiger partial charge on any atom is -0.423 e. The molecule has 2 aromatic heterocycles. The first kappa shape index (κ1) is 15.5. The predicted octanol–water partition coefficient (Wildman–Crippen LogP) is 5.80. The van der Waals surface area contributed by atoms with E-state index in [1.807, 2.05) is 18.2 Å². The van der Waals surface area contributed by atoms with Crippen LogP contribution in [0.2, 0.25) is 0 Å². The van der Waals surface area contributed by atoms with E-state index in [0.717, 1.165) is 28.2 Å². The first-order chi connectivity index (χ1) is 12.8.